The van der Waals surface area contributed by atoms with Gasteiger partial charge in [0.25, 0.3) is 0 Å². The second-order valence-electron chi connectivity index (χ2n) is 16.1. The smallest absolute Gasteiger partial charge is 0.164 e. The maximum absolute atomic E-state index is 5.20. The van der Waals surface area contributed by atoms with Crippen LogP contribution in [0.25, 0.3) is 67.5 Å². The van der Waals surface area contributed by atoms with Gasteiger partial charge in [0.05, 0.1) is 0 Å². The molecular formula is C55H40N4. The molecule has 0 aliphatic heterocycles. The Morgan fingerprint density at radius 1 is 0.356 bits per heavy atom. The van der Waals surface area contributed by atoms with Crippen LogP contribution in [0.4, 0.5) is 17.1 Å². The van der Waals surface area contributed by atoms with Crippen molar-refractivity contribution in [3.63, 3.8) is 0 Å². The Bertz CT molecular complexity index is 3030. The molecule has 4 nitrogen and oxygen atoms in total. The number of para-hydroxylation sites is 1. The molecule has 2 aliphatic rings. The Hall–Kier alpha value is -7.43. The number of rotatable bonds is 7. The van der Waals surface area contributed by atoms with Crippen molar-refractivity contribution in [1.29, 1.82) is 0 Å². The average Bonchev–Trinajstić information content (AvgIpc) is 3.78. The van der Waals surface area contributed by atoms with Crippen LogP contribution in [0.5, 0.6) is 0 Å². The van der Waals surface area contributed by atoms with E-state index in [9.17, 15) is 0 Å². The third-order valence-electron chi connectivity index (χ3n) is 12.1. The van der Waals surface area contributed by atoms with Gasteiger partial charge in [-0.1, -0.05) is 159 Å². The lowest BCUT2D eigenvalue weighted by molar-refractivity contribution is 0.660. The van der Waals surface area contributed by atoms with Crippen molar-refractivity contribution in [3.05, 3.63) is 216 Å². The fourth-order valence-corrected chi connectivity index (χ4v) is 9.13. The quantitative estimate of drug-likeness (QED) is 0.162. The second kappa shape index (κ2) is 13.9. The van der Waals surface area contributed by atoms with Crippen molar-refractivity contribution in [2.24, 2.45) is 0 Å². The topological polar surface area (TPSA) is 41.9 Å². The second-order valence-corrected chi connectivity index (χ2v) is 16.1. The van der Waals surface area contributed by atoms with Crippen LogP contribution in [-0.4, -0.2) is 15.0 Å². The highest BCUT2D eigenvalue weighted by Crippen LogP contribution is 2.49. The summed E-state index contributed by atoms with van der Waals surface area (Å²) in [6.45, 7) is 4.62. The molecular weight excluding hydrogens is 717 g/mol. The average molecular weight is 757 g/mol. The molecule has 0 spiro atoms. The van der Waals surface area contributed by atoms with Gasteiger partial charge < -0.3 is 4.90 Å². The molecule has 11 rings (SSSR count). The third-order valence-corrected chi connectivity index (χ3v) is 12.1. The van der Waals surface area contributed by atoms with Crippen molar-refractivity contribution < 1.29 is 0 Å². The number of fused-ring (bicyclic) bond motifs is 6. The van der Waals surface area contributed by atoms with Crippen LogP contribution in [0.1, 0.15) is 36.1 Å². The monoisotopic (exact) mass is 756 g/mol. The van der Waals surface area contributed by atoms with E-state index in [1.54, 1.807) is 0 Å². The van der Waals surface area contributed by atoms with E-state index in [1.807, 2.05) is 18.2 Å². The number of benzene rings is 8. The summed E-state index contributed by atoms with van der Waals surface area (Å²) in [5.41, 5.74) is 18.9. The summed E-state index contributed by atoms with van der Waals surface area (Å²) in [6.07, 6.45) is 0.825. The van der Waals surface area contributed by atoms with E-state index in [0.717, 1.165) is 40.2 Å². The Kier molecular flexibility index (Phi) is 8.19. The van der Waals surface area contributed by atoms with Crippen molar-refractivity contribution in [2.45, 2.75) is 25.7 Å². The van der Waals surface area contributed by atoms with E-state index >= 15 is 0 Å². The van der Waals surface area contributed by atoms with Gasteiger partial charge in [-0.25, -0.2) is 15.0 Å². The zero-order chi connectivity index (χ0) is 39.5. The first kappa shape index (κ1) is 34.8. The molecule has 280 valence electrons. The molecule has 1 aromatic heterocycles. The van der Waals surface area contributed by atoms with Gasteiger partial charge >= 0.3 is 0 Å². The molecule has 4 heteroatoms. The fraction of sp³-hybridized carbons (Fsp3) is 0.0727. The van der Waals surface area contributed by atoms with Crippen LogP contribution in [0.2, 0.25) is 0 Å². The van der Waals surface area contributed by atoms with Crippen LogP contribution in [0, 0.1) is 0 Å². The highest BCUT2D eigenvalue weighted by Gasteiger charge is 2.35. The Balaban J connectivity index is 0.953. The lowest BCUT2D eigenvalue weighted by atomic mass is 9.82. The molecule has 2 aliphatic carbocycles. The van der Waals surface area contributed by atoms with Crippen LogP contribution in [-0.2, 0) is 11.8 Å². The minimum Gasteiger partial charge on any atom is -0.310 e. The standard InChI is InChI=1S/C55H40N4/c1-55(2)50-21-13-12-20-48(50)49-30-25-40(35-51(49)55)54-57-52(38-16-8-4-9-17-38)56-53(58-54)39-24-29-46-41(32-39)33-42-34-45(28-31-47(42)46)59(43-18-10-5-11-19-43)44-26-22-37(23-27-44)36-14-6-3-7-15-36/h3-32,34-35H,33H2,1-2H3. The third kappa shape index (κ3) is 6.04. The molecule has 0 amide bonds. The molecule has 0 atom stereocenters. The summed E-state index contributed by atoms with van der Waals surface area (Å²) >= 11 is 0. The number of anilines is 3. The van der Waals surface area contributed by atoms with Gasteiger partial charge in [0.15, 0.2) is 17.5 Å². The molecule has 0 radical (unpaired) electrons. The van der Waals surface area contributed by atoms with Gasteiger partial charge in [-0.2, -0.15) is 0 Å². The highest BCUT2D eigenvalue weighted by atomic mass is 15.1. The summed E-state index contributed by atoms with van der Waals surface area (Å²) in [6, 6.07) is 69.3. The summed E-state index contributed by atoms with van der Waals surface area (Å²) in [4.78, 5) is 17.7. The Morgan fingerprint density at radius 3 is 1.51 bits per heavy atom. The molecule has 0 fully saturated rings. The maximum Gasteiger partial charge on any atom is 0.164 e. The van der Waals surface area contributed by atoms with Gasteiger partial charge in [-0.15, -0.1) is 0 Å². The minimum atomic E-state index is -0.125. The van der Waals surface area contributed by atoms with Gasteiger partial charge in [-0.05, 0) is 111 Å². The molecule has 0 unspecified atom stereocenters. The first-order chi connectivity index (χ1) is 29.0. The Morgan fingerprint density at radius 2 is 0.814 bits per heavy atom. The molecule has 0 saturated heterocycles. The number of hydrogen-bond donors (Lipinski definition) is 0. The predicted octanol–water partition coefficient (Wildman–Crippen LogP) is 13.9. The minimum absolute atomic E-state index is 0.125. The molecule has 0 N–H and O–H groups in total. The first-order valence-electron chi connectivity index (χ1n) is 20.3. The van der Waals surface area contributed by atoms with E-state index in [-0.39, 0.29) is 5.41 Å². The predicted molar refractivity (Wildman–Crippen MR) is 242 cm³/mol. The highest BCUT2D eigenvalue weighted by molar-refractivity contribution is 5.86. The van der Waals surface area contributed by atoms with E-state index < -0.39 is 0 Å². The number of nitrogens with zero attached hydrogens (tertiary/aromatic N) is 4. The van der Waals surface area contributed by atoms with E-state index in [0.29, 0.717) is 17.5 Å². The van der Waals surface area contributed by atoms with Gasteiger partial charge in [0.2, 0.25) is 0 Å². The van der Waals surface area contributed by atoms with E-state index in [4.69, 9.17) is 15.0 Å². The van der Waals surface area contributed by atoms with Crippen molar-refractivity contribution in [3.8, 4) is 67.5 Å². The lowest BCUT2D eigenvalue weighted by Crippen LogP contribution is -2.15. The number of aromatic nitrogens is 3. The molecule has 8 aromatic carbocycles. The SMILES string of the molecule is CC1(C)c2ccccc2-c2ccc(-c3nc(-c4ccccc4)nc(-c4ccc5c(c4)Cc4cc(N(c6ccccc6)c6ccc(-c7ccccc7)cc6)ccc4-5)n3)cc21. The molecule has 9 aromatic rings. The van der Waals surface area contributed by atoms with Crippen LogP contribution in [0.3, 0.4) is 0 Å². The van der Waals surface area contributed by atoms with Crippen molar-refractivity contribution in [1.82, 2.24) is 15.0 Å². The van der Waals surface area contributed by atoms with E-state index in [1.165, 1.54) is 55.6 Å². The van der Waals surface area contributed by atoms with Gasteiger partial charge in [-0.3, -0.25) is 0 Å². The largest absolute Gasteiger partial charge is 0.310 e. The zero-order valence-corrected chi connectivity index (χ0v) is 33.0. The normalized spacial score (nSPS) is 13.0. The first-order valence-corrected chi connectivity index (χ1v) is 20.3. The molecule has 0 bridgehead atoms. The van der Waals surface area contributed by atoms with Crippen molar-refractivity contribution >= 4 is 17.1 Å². The molecule has 1 heterocycles. The lowest BCUT2D eigenvalue weighted by Gasteiger charge is -2.26. The number of hydrogen-bond acceptors (Lipinski definition) is 4. The summed E-state index contributed by atoms with van der Waals surface area (Å²) < 4.78 is 0. The van der Waals surface area contributed by atoms with Crippen molar-refractivity contribution in [2.75, 3.05) is 4.90 Å². The Labute approximate surface area is 345 Å². The summed E-state index contributed by atoms with van der Waals surface area (Å²) in [7, 11) is 0. The zero-order valence-electron chi connectivity index (χ0n) is 33.0. The van der Waals surface area contributed by atoms with E-state index in [2.05, 4.69) is 195 Å². The summed E-state index contributed by atoms with van der Waals surface area (Å²) in [5.74, 6) is 2.01. The van der Waals surface area contributed by atoms with Crippen LogP contribution in [0.15, 0.2) is 194 Å². The van der Waals surface area contributed by atoms with Crippen LogP contribution < -0.4 is 4.90 Å². The maximum atomic E-state index is 5.20. The van der Waals surface area contributed by atoms with Gasteiger partial charge in [0.1, 0.15) is 0 Å². The molecule has 59 heavy (non-hydrogen) atoms. The fourth-order valence-electron chi connectivity index (χ4n) is 9.13. The van der Waals surface area contributed by atoms with Gasteiger partial charge in [0, 0.05) is 39.2 Å². The van der Waals surface area contributed by atoms with Crippen LogP contribution >= 0.6 is 0 Å². The summed E-state index contributed by atoms with van der Waals surface area (Å²) in [5, 5.41) is 0. The molecule has 0 saturated carbocycles.